The third-order valence-corrected chi connectivity index (χ3v) is 13.2. The highest BCUT2D eigenvalue weighted by Gasteiger charge is 2.38. The second kappa shape index (κ2) is 13.8. The van der Waals surface area contributed by atoms with E-state index in [-0.39, 0.29) is 5.41 Å². The lowest BCUT2D eigenvalue weighted by Gasteiger charge is -2.22. The molecule has 0 spiro atoms. The molecule has 12 rings (SSSR count). The lowest BCUT2D eigenvalue weighted by molar-refractivity contribution is 0.665. The Morgan fingerprint density at radius 3 is 1.75 bits per heavy atom. The predicted octanol–water partition coefficient (Wildman–Crippen LogP) is 14.7. The molecule has 11 aromatic rings. The van der Waals surface area contributed by atoms with Gasteiger partial charge in [-0.15, -0.1) is 11.3 Å². The molecule has 6 heteroatoms. The fourth-order valence-corrected chi connectivity index (χ4v) is 10.2. The Hall–Kier alpha value is -7.54. The van der Waals surface area contributed by atoms with Crippen molar-refractivity contribution in [3.05, 3.63) is 193 Å². The molecule has 0 fully saturated rings. The minimum Gasteiger partial charge on any atom is -0.456 e. The van der Waals surface area contributed by atoms with Crippen molar-refractivity contribution in [1.29, 1.82) is 0 Å². The Labute approximate surface area is 356 Å². The molecule has 0 N–H and O–H groups in total. The zero-order valence-corrected chi connectivity index (χ0v) is 34.2. The van der Waals surface area contributed by atoms with Crippen molar-refractivity contribution < 1.29 is 4.42 Å². The Bertz CT molecular complexity index is 3440. The first-order valence-electron chi connectivity index (χ1n) is 20.5. The smallest absolute Gasteiger partial charge is 0.164 e. The van der Waals surface area contributed by atoms with E-state index in [1.807, 2.05) is 66.7 Å². The molecule has 8 aromatic carbocycles. The first kappa shape index (κ1) is 35.4. The fourth-order valence-electron chi connectivity index (χ4n) is 9.18. The molecule has 5 nitrogen and oxygen atoms in total. The summed E-state index contributed by atoms with van der Waals surface area (Å²) in [6.07, 6.45) is 0. The van der Waals surface area contributed by atoms with Crippen LogP contribution in [0, 0.1) is 0 Å². The summed E-state index contributed by atoms with van der Waals surface area (Å²) in [5.41, 5.74) is 15.9. The monoisotopic (exact) mass is 800 g/mol. The summed E-state index contributed by atoms with van der Waals surface area (Å²) in [7, 11) is 0. The van der Waals surface area contributed by atoms with Crippen LogP contribution in [-0.4, -0.2) is 19.9 Å². The van der Waals surface area contributed by atoms with Crippen LogP contribution < -0.4 is 0 Å². The van der Waals surface area contributed by atoms with Crippen molar-refractivity contribution in [2.24, 2.45) is 0 Å². The Kier molecular flexibility index (Phi) is 7.99. The van der Waals surface area contributed by atoms with E-state index in [1.54, 1.807) is 11.3 Å². The van der Waals surface area contributed by atoms with E-state index in [4.69, 9.17) is 24.4 Å². The molecular formula is C55H36N4OS. The van der Waals surface area contributed by atoms with Crippen molar-refractivity contribution in [1.82, 2.24) is 19.9 Å². The summed E-state index contributed by atoms with van der Waals surface area (Å²) in [5.74, 6) is 1.88. The number of rotatable bonds is 6. The normalized spacial score (nSPS) is 12.9. The van der Waals surface area contributed by atoms with Gasteiger partial charge in [-0.3, -0.25) is 0 Å². The molecule has 0 saturated carbocycles. The maximum Gasteiger partial charge on any atom is 0.164 e. The highest BCUT2D eigenvalue weighted by atomic mass is 32.1. The summed E-state index contributed by atoms with van der Waals surface area (Å²) in [6.45, 7) is 4.70. The van der Waals surface area contributed by atoms with E-state index in [2.05, 4.69) is 129 Å². The standard InChI is InChI=1S/C55H36N4OS/c1-55(2)44-31-37(25-26-40(44)41-27-28-47-50(49(41)55)56-54(61-47)35-19-10-5-11-20-35)43-30-39(32-46-48(43)42-23-12-13-24-45(42)60-46)36-21-14-22-38(29-36)53-58-51(33-15-6-3-7-16-33)57-52(59-53)34-17-8-4-9-18-34/h3-32H,1-2H3. The van der Waals surface area contributed by atoms with E-state index >= 15 is 0 Å². The largest absolute Gasteiger partial charge is 0.456 e. The average Bonchev–Trinajstić information content (AvgIpc) is 3.99. The zero-order chi connectivity index (χ0) is 40.7. The van der Waals surface area contributed by atoms with Crippen LogP contribution in [0.5, 0.6) is 0 Å². The van der Waals surface area contributed by atoms with Crippen LogP contribution in [0.25, 0.3) is 110 Å². The molecule has 3 aromatic heterocycles. The minimum atomic E-state index is -0.270. The van der Waals surface area contributed by atoms with Crippen molar-refractivity contribution in [3.63, 3.8) is 0 Å². The van der Waals surface area contributed by atoms with Crippen molar-refractivity contribution in [2.45, 2.75) is 19.3 Å². The highest BCUT2D eigenvalue weighted by Crippen LogP contribution is 2.53. The molecule has 0 aliphatic heterocycles. The molecule has 0 radical (unpaired) electrons. The Morgan fingerprint density at radius 2 is 1.03 bits per heavy atom. The maximum absolute atomic E-state index is 6.65. The maximum atomic E-state index is 6.65. The van der Waals surface area contributed by atoms with Gasteiger partial charge >= 0.3 is 0 Å². The average molecular weight is 801 g/mol. The first-order valence-corrected chi connectivity index (χ1v) is 21.4. The molecule has 0 unspecified atom stereocenters. The number of aromatic nitrogens is 4. The van der Waals surface area contributed by atoms with E-state index in [9.17, 15) is 0 Å². The van der Waals surface area contributed by atoms with E-state index in [1.165, 1.54) is 27.0 Å². The van der Waals surface area contributed by atoms with Gasteiger partial charge in [-0.25, -0.2) is 19.9 Å². The number of hydrogen-bond acceptors (Lipinski definition) is 6. The molecule has 0 amide bonds. The highest BCUT2D eigenvalue weighted by molar-refractivity contribution is 7.21. The van der Waals surface area contributed by atoms with Gasteiger partial charge in [0, 0.05) is 38.4 Å². The van der Waals surface area contributed by atoms with E-state index in [0.717, 1.165) is 77.0 Å². The lowest BCUT2D eigenvalue weighted by atomic mass is 9.81. The molecule has 3 heterocycles. The minimum absolute atomic E-state index is 0.270. The number of fused-ring (bicyclic) bond motifs is 8. The van der Waals surface area contributed by atoms with E-state index in [0.29, 0.717) is 17.5 Å². The van der Waals surface area contributed by atoms with Gasteiger partial charge in [0.15, 0.2) is 17.5 Å². The second-order valence-corrected chi connectivity index (χ2v) is 17.3. The summed E-state index contributed by atoms with van der Waals surface area (Å²) < 4.78 is 7.87. The Morgan fingerprint density at radius 1 is 0.426 bits per heavy atom. The second-order valence-electron chi connectivity index (χ2n) is 16.2. The van der Waals surface area contributed by atoms with E-state index < -0.39 is 0 Å². The van der Waals surface area contributed by atoms with Gasteiger partial charge in [0.2, 0.25) is 0 Å². The van der Waals surface area contributed by atoms with Crippen LogP contribution in [-0.2, 0) is 5.41 Å². The van der Waals surface area contributed by atoms with Crippen molar-refractivity contribution >= 4 is 43.5 Å². The Balaban J connectivity index is 1.00. The van der Waals surface area contributed by atoms with Crippen LogP contribution in [0.1, 0.15) is 25.0 Å². The predicted molar refractivity (Wildman–Crippen MR) is 250 cm³/mol. The molecule has 0 saturated heterocycles. The molecule has 1 aliphatic rings. The number of furan rings is 1. The van der Waals surface area contributed by atoms with Crippen LogP contribution >= 0.6 is 11.3 Å². The summed E-state index contributed by atoms with van der Waals surface area (Å²) in [6, 6.07) is 63.6. The van der Waals surface area contributed by atoms with Gasteiger partial charge in [0.05, 0.1) is 10.2 Å². The summed E-state index contributed by atoms with van der Waals surface area (Å²) in [5, 5.41) is 3.26. The lowest BCUT2D eigenvalue weighted by Crippen LogP contribution is -2.15. The molecule has 1 aliphatic carbocycles. The third kappa shape index (κ3) is 5.82. The van der Waals surface area contributed by atoms with Gasteiger partial charge in [-0.05, 0) is 80.9 Å². The van der Waals surface area contributed by atoms with Crippen molar-refractivity contribution in [2.75, 3.05) is 0 Å². The van der Waals surface area contributed by atoms with Crippen molar-refractivity contribution in [3.8, 4) is 78.1 Å². The van der Waals surface area contributed by atoms with Gasteiger partial charge < -0.3 is 4.42 Å². The quantitative estimate of drug-likeness (QED) is 0.168. The molecular weight excluding hydrogens is 765 g/mol. The molecule has 288 valence electrons. The molecule has 0 bridgehead atoms. The number of hydrogen-bond donors (Lipinski definition) is 0. The number of benzene rings is 8. The fraction of sp³-hybridized carbons (Fsp3) is 0.0545. The molecule has 61 heavy (non-hydrogen) atoms. The van der Waals surface area contributed by atoms with Crippen LogP contribution in [0.4, 0.5) is 0 Å². The summed E-state index contributed by atoms with van der Waals surface area (Å²) >= 11 is 1.76. The van der Waals surface area contributed by atoms with Gasteiger partial charge in [-0.2, -0.15) is 0 Å². The number of para-hydroxylation sites is 1. The summed E-state index contributed by atoms with van der Waals surface area (Å²) in [4.78, 5) is 20.3. The first-order chi connectivity index (χ1) is 30.0. The topological polar surface area (TPSA) is 64.7 Å². The number of thiazole rings is 1. The van der Waals surface area contributed by atoms with Crippen LogP contribution in [0.2, 0.25) is 0 Å². The van der Waals surface area contributed by atoms with Gasteiger partial charge in [0.1, 0.15) is 16.2 Å². The third-order valence-electron chi connectivity index (χ3n) is 12.1. The number of nitrogens with zero attached hydrogens (tertiary/aromatic N) is 4. The van der Waals surface area contributed by atoms with Gasteiger partial charge in [0.25, 0.3) is 0 Å². The SMILES string of the molecule is CC1(C)c2cc(-c3cc(-c4cccc(-c5nc(-c6ccccc6)nc(-c6ccccc6)n5)c4)cc4oc5ccccc5c34)ccc2-c2ccc3sc(-c4ccccc4)nc3c21. The zero-order valence-electron chi connectivity index (χ0n) is 33.4. The van der Waals surface area contributed by atoms with Gasteiger partial charge in [-0.1, -0.05) is 159 Å². The van der Waals surface area contributed by atoms with Crippen LogP contribution in [0.15, 0.2) is 186 Å². The molecule has 0 atom stereocenters. The van der Waals surface area contributed by atoms with Crippen LogP contribution in [0.3, 0.4) is 0 Å².